The molecule has 1 saturated carbocycles. The van der Waals surface area contributed by atoms with Gasteiger partial charge in [0, 0.05) is 17.1 Å². The maximum Gasteiger partial charge on any atom is 0.110 e. The summed E-state index contributed by atoms with van der Waals surface area (Å²) >= 11 is 1.76. The molecule has 106 valence electrons. The first-order valence-corrected chi connectivity index (χ1v) is 8.24. The van der Waals surface area contributed by atoms with E-state index >= 15 is 0 Å². The number of nitrogens with zero attached hydrogens (tertiary/aromatic N) is 1. The molecule has 2 aromatic rings. The molecule has 20 heavy (non-hydrogen) atoms. The van der Waals surface area contributed by atoms with Gasteiger partial charge in [-0.25, -0.2) is 4.98 Å². The largest absolute Gasteiger partial charge is 0.305 e. The van der Waals surface area contributed by atoms with Gasteiger partial charge in [0.2, 0.25) is 0 Å². The summed E-state index contributed by atoms with van der Waals surface area (Å²) in [5, 5.41) is 7.05. The highest BCUT2D eigenvalue weighted by Crippen LogP contribution is 2.38. The second-order valence-corrected chi connectivity index (χ2v) is 6.88. The Morgan fingerprint density at radius 3 is 2.75 bits per heavy atom. The zero-order chi connectivity index (χ0) is 14.1. The van der Waals surface area contributed by atoms with Crippen molar-refractivity contribution in [1.29, 1.82) is 0 Å². The molecule has 2 nitrogen and oxygen atoms in total. The molecule has 1 heterocycles. The van der Waals surface area contributed by atoms with Crippen molar-refractivity contribution >= 4 is 11.3 Å². The first-order chi connectivity index (χ1) is 9.61. The molecule has 0 saturated heterocycles. The predicted molar refractivity (Wildman–Crippen MR) is 85.3 cm³/mol. The standard InChI is InChI=1S/C17H22N2S/c1-11-5-4-6-14(7-11)15-8-16(9-15)19-13(3)17-18-12(2)10-20-17/h4-7,10,13,15-16,19H,8-9H2,1-3H3. The molecule has 0 bridgehead atoms. The second-order valence-electron chi connectivity index (χ2n) is 5.99. The molecular formula is C17H22N2S. The molecule has 0 aliphatic heterocycles. The zero-order valence-electron chi connectivity index (χ0n) is 12.4. The van der Waals surface area contributed by atoms with Crippen molar-refractivity contribution in [1.82, 2.24) is 10.3 Å². The Balaban J connectivity index is 1.53. The van der Waals surface area contributed by atoms with E-state index in [-0.39, 0.29) is 0 Å². The van der Waals surface area contributed by atoms with Gasteiger partial charge < -0.3 is 5.32 Å². The minimum atomic E-state index is 0.372. The van der Waals surface area contributed by atoms with Gasteiger partial charge in [0.1, 0.15) is 5.01 Å². The third-order valence-corrected chi connectivity index (χ3v) is 5.29. The van der Waals surface area contributed by atoms with E-state index in [9.17, 15) is 0 Å². The van der Waals surface area contributed by atoms with E-state index in [1.807, 2.05) is 0 Å². The van der Waals surface area contributed by atoms with Crippen LogP contribution in [0.25, 0.3) is 0 Å². The van der Waals surface area contributed by atoms with Crippen molar-refractivity contribution < 1.29 is 0 Å². The Morgan fingerprint density at radius 2 is 2.10 bits per heavy atom. The van der Waals surface area contributed by atoms with E-state index in [4.69, 9.17) is 0 Å². The fraction of sp³-hybridized carbons (Fsp3) is 0.471. The molecule has 1 aromatic carbocycles. The lowest BCUT2D eigenvalue weighted by Gasteiger charge is -2.38. The van der Waals surface area contributed by atoms with Crippen molar-refractivity contribution in [3.8, 4) is 0 Å². The van der Waals surface area contributed by atoms with Crippen LogP contribution in [-0.2, 0) is 0 Å². The Bertz CT molecular complexity index is 584. The fourth-order valence-electron chi connectivity index (χ4n) is 2.95. The molecule has 1 aliphatic rings. The number of aromatic nitrogens is 1. The van der Waals surface area contributed by atoms with E-state index in [0.717, 1.165) is 11.6 Å². The highest BCUT2D eigenvalue weighted by Gasteiger charge is 2.31. The van der Waals surface area contributed by atoms with Crippen molar-refractivity contribution in [2.45, 2.75) is 51.6 Å². The number of nitrogens with one attached hydrogen (secondary N) is 1. The smallest absolute Gasteiger partial charge is 0.110 e. The molecule has 1 aromatic heterocycles. The van der Waals surface area contributed by atoms with Gasteiger partial charge in [-0.1, -0.05) is 29.8 Å². The molecular weight excluding hydrogens is 264 g/mol. The van der Waals surface area contributed by atoms with E-state index in [1.54, 1.807) is 11.3 Å². The minimum absolute atomic E-state index is 0.372. The molecule has 1 N–H and O–H groups in total. The van der Waals surface area contributed by atoms with Crippen molar-refractivity contribution in [2.24, 2.45) is 0 Å². The van der Waals surface area contributed by atoms with Gasteiger partial charge >= 0.3 is 0 Å². The lowest BCUT2D eigenvalue weighted by atomic mass is 9.75. The summed E-state index contributed by atoms with van der Waals surface area (Å²) in [4.78, 5) is 4.57. The molecule has 1 unspecified atom stereocenters. The third kappa shape index (κ3) is 2.94. The van der Waals surface area contributed by atoms with Crippen LogP contribution in [0.4, 0.5) is 0 Å². The van der Waals surface area contributed by atoms with Gasteiger partial charge in [-0.2, -0.15) is 0 Å². The summed E-state index contributed by atoms with van der Waals surface area (Å²) in [6, 6.07) is 9.95. The summed E-state index contributed by atoms with van der Waals surface area (Å²) < 4.78 is 0. The Morgan fingerprint density at radius 1 is 1.30 bits per heavy atom. The van der Waals surface area contributed by atoms with Crippen molar-refractivity contribution in [3.05, 3.63) is 51.5 Å². The predicted octanol–water partition coefficient (Wildman–Crippen LogP) is 4.36. The van der Waals surface area contributed by atoms with Crippen LogP contribution >= 0.6 is 11.3 Å². The lowest BCUT2D eigenvalue weighted by molar-refractivity contribution is 0.270. The molecule has 3 heteroatoms. The van der Waals surface area contributed by atoms with Gasteiger partial charge in [0.15, 0.2) is 0 Å². The highest BCUT2D eigenvalue weighted by molar-refractivity contribution is 7.09. The fourth-order valence-corrected chi connectivity index (χ4v) is 3.76. The maximum absolute atomic E-state index is 4.57. The van der Waals surface area contributed by atoms with Crippen molar-refractivity contribution in [2.75, 3.05) is 0 Å². The molecule has 3 rings (SSSR count). The molecule has 1 aliphatic carbocycles. The SMILES string of the molecule is Cc1cccc(C2CC(NC(C)c3nc(C)cs3)C2)c1. The van der Waals surface area contributed by atoms with Crippen LogP contribution in [0.15, 0.2) is 29.6 Å². The van der Waals surface area contributed by atoms with Crippen LogP contribution in [0.2, 0.25) is 0 Å². The molecule has 1 atom stereocenters. The first kappa shape index (κ1) is 13.8. The van der Waals surface area contributed by atoms with E-state index < -0.39 is 0 Å². The van der Waals surface area contributed by atoms with Crippen LogP contribution in [0, 0.1) is 13.8 Å². The Hall–Kier alpha value is -1.19. The third-order valence-electron chi connectivity index (χ3n) is 4.14. The van der Waals surface area contributed by atoms with E-state index in [1.165, 1.54) is 29.0 Å². The Labute approximate surface area is 125 Å². The summed E-state index contributed by atoms with van der Waals surface area (Å²) in [6.45, 7) is 6.45. The van der Waals surface area contributed by atoms with Crippen LogP contribution in [0.5, 0.6) is 0 Å². The minimum Gasteiger partial charge on any atom is -0.305 e. The second kappa shape index (κ2) is 5.66. The van der Waals surface area contributed by atoms with E-state index in [0.29, 0.717) is 12.1 Å². The molecule has 0 amide bonds. The van der Waals surface area contributed by atoms with Gasteiger partial charge in [0.25, 0.3) is 0 Å². The quantitative estimate of drug-likeness (QED) is 0.903. The maximum atomic E-state index is 4.57. The number of hydrogen-bond donors (Lipinski definition) is 1. The Kier molecular flexibility index (Phi) is 3.90. The van der Waals surface area contributed by atoms with Crippen LogP contribution < -0.4 is 5.32 Å². The van der Waals surface area contributed by atoms with Crippen LogP contribution in [0.1, 0.15) is 53.6 Å². The number of thiazole rings is 1. The number of rotatable bonds is 4. The zero-order valence-corrected chi connectivity index (χ0v) is 13.2. The molecule has 1 fully saturated rings. The first-order valence-electron chi connectivity index (χ1n) is 7.36. The average Bonchev–Trinajstić information content (AvgIpc) is 2.80. The average molecular weight is 286 g/mol. The summed E-state index contributed by atoms with van der Waals surface area (Å²) in [5.41, 5.74) is 4.00. The summed E-state index contributed by atoms with van der Waals surface area (Å²) in [7, 11) is 0. The normalized spacial score (nSPS) is 23.4. The summed E-state index contributed by atoms with van der Waals surface area (Å²) in [6.07, 6.45) is 2.50. The highest BCUT2D eigenvalue weighted by atomic mass is 32.1. The molecule has 0 spiro atoms. The summed E-state index contributed by atoms with van der Waals surface area (Å²) in [5.74, 6) is 0.734. The monoisotopic (exact) mass is 286 g/mol. The molecule has 0 radical (unpaired) electrons. The van der Waals surface area contributed by atoms with Gasteiger partial charge in [-0.05, 0) is 45.1 Å². The van der Waals surface area contributed by atoms with E-state index in [2.05, 4.69) is 60.7 Å². The number of hydrogen-bond acceptors (Lipinski definition) is 3. The van der Waals surface area contributed by atoms with Gasteiger partial charge in [0.05, 0.1) is 6.04 Å². The van der Waals surface area contributed by atoms with Crippen molar-refractivity contribution in [3.63, 3.8) is 0 Å². The topological polar surface area (TPSA) is 24.9 Å². The number of benzene rings is 1. The van der Waals surface area contributed by atoms with Crippen LogP contribution in [0.3, 0.4) is 0 Å². The van der Waals surface area contributed by atoms with Gasteiger partial charge in [-0.3, -0.25) is 0 Å². The van der Waals surface area contributed by atoms with Crippen LogP contribution in [-0.4, -0.2) is 11.0 Å². The van der Waals surface area contributed by atoms with Gasteiger partial charge in [-0.15, -0.1) is 11.3 Å². The lowest BCUT2D eigenvalue weighted by Crippen LogP contribution is -2.41. The number of aryl methyl sites for hydroxylation is 2.